The summed E-state index contributed by atoms with van der Waals surface area (Å²) < 4.78 is 10.0. The number of aryl methyl sites for hydroxylation is 1. The van der Waals surface area contributed by atoms with Crippen molar-refractivity contribution in [1.29, 1.82) is 0 Å². The van der Waals surface area contributed by atoms with Gasteiger partial charge in [0.1, 0.15) is 5.02 Å². The Kier molecular flexibility index (Phi) is 5.14. The molecule has 1 aliphatic rings. The minimum atomic E-state index is -1.24. The van der Waals surface area contributed by atoms with Gasteiger partial charge in [0, 0.05) is 25.2 Å². The van der Waals surface area contributed by atoms with E-state index in [0.717, 1.165) is 6.92 Å². The lowest BCUT2D eigenvalue weighted by Gasteiger charge is -2.14. The molecule has 1 aromatic carbocycles. The number of fused-ring (bicyclic) bond motifs is 1. The van der Waals surface area contributed by atoms with E-state index in [1.54, 1.807) is 0 Å². The number of rotatable bonds is 3. The van der Waals surface area contributed by atoms with E-state index in [0.29, 0.717) is 5.06 Å². The summed E-state index contributed by atoms with van der Waals surface area (Å²) in [6, 6.07) is 1.29. The summed E-state index contributed by atoms with van der Waals surface area (Å²) in [5.74, 6) is -3.53. The highest BCUT2D eigenvalue weighted by Gasteiger charge is 2.35. The predicted octanol–water partition coefficient (Wildman–Crippen LogP) is 2.55. The van der Waals surface area contributed by atoms with Crippen molar-refractivity contribution in [2.24, 2.45) is 0 Å². The van der Waals surface area contributed by atoms with Crippen molar-refractivity contribution in [3.05, 3.63) is 37.7 Å². The molecule has 1 aromatic heterocycles. The fraction of sp³-hybridized carbons (Fsp3) is 0.235. The Hall–Kier alpha value is -2.91. The molecule has 0 saturated carbocycles. The summed E-state index contributed by atoms with van der Waals surface area (Å²) in [6.07, 6.45) is -0.191. The van der Waals surface area contributed by atoms with E-state index in [2.05, 4.69) is 0 Å². The van der Waals surface area contributed by atoms with Gasteiger partial charge in [0.05, 0.1) is 5.02 Å². The molecule has 1 saturated heterocycles. The highest BCUT2D eigenvalue weighted by atomic mass is 35.5. The van der Waals surface area contributed by atoms with Gasteiger partial charge in [-0.25, -0.2) is 9.59 Å². The standard InChI is InChI=1S/C17H11Cl2NO8/c1-6-8-5-9(18)15(26-7(2)21)13(19)14(8)27-16(24)12(6)17(25)28-20-10(22)3-4-11(20)23/h5H,3-4H2,1-2H3. The molecule has 9 nitrogen and oxygen atoms in total. The maximum atomic E-state index is 12.4. The van der Waals surface area contributed by atoms with Crippen molar-refractivity contribution in [2.75, 3.05) is 0 Å². The predicted molar refractivity (Wildman–Crippen MR) is 95.1 cm³/mol. The van der Waals surface area contributed by atoms with Crippen molar-refractivity contribution < 1.29 is 33.2 Å². The van der Waals surface area contributed by atoms with Gasteiger partial charge in [0.15, 0.2) is 16.9 Å². The lowest BCUT2D eigenvalue weighted by atomic mass is 10.1. The summed E-state index contributed by atoms with van der Waals surface area (Å²) in [5, 5.41) is 0.197. The number of imide groups is 1. The number of ether oxygens (including phenoxy) is 1. The minimum absolute atomic E-state index is 0.0612. The van der Waals surface area contributed by atoms with Gasteiger partial charge in [-0.05, 0) is 18.6 Å². The summed E-state index contributed by atoms with van der Waals surface area (Å²) in [6.45, 7) is 2.54. The SMILES string of the molecule is CC(=O)Oc1c(Cl)cc2c(C)c(C(=O)ON3C(=O)CCC3=O)c(=O)oc2c1Cl. The molecular weight excluding hydrogens is 417 g/mol. The molecule has 0 aliphatic carbocycles. The molecule has 0 unspecified atom stereocenters. The zero-order valence-corrected chi connectivity index (χ0v) is 16.0. The van der Waals surface area contributed by atoms with Crippen LogP contribution in [-0.2, 0) is 19.2 Å². The zero-order chi connectivity index (χ0) is 20.7. The van der Waals surface area contributed by atoms with Gasteiger partial charge in [-0.2, -0.15) is 0 Å². The van der Waals surface area contributed by atoms with Crippen LogP contribution in [0.15, 0.2) is 15.3 Å². The fourth-order valence-corrected chi connectivity index (χ4v) is 3.23. The van der Waals surface area contributed by atoms with Crippen LogP contribution in [0.1, 0.15) is 35.7 Å². The lowest BCUT2D eigenvalue weighted by Crippen LogP contribution is -2.34. The molecule has 2 heterocycles. The van der Waals surface area contributed by atoms with Crippen LogP contribution in [0.25, 0.3) is 11.0 Å². The first-order chi connectivity index (χ1) is 13.1. The number of hydroxylamine groups is 2. The topological polar surface area (TPSA) is 120 Å². The maximum Gasteiger partial charge on any atom is 0.371 e. The number of amides is 2. The third kappa shape index (κ3) is 3.34. The second-order valence-corrected chi connectivity index (χ2v) is 6.61. The highest BCUT2D eigenvalue weighted by Crippen LogP contribution is 2.40. The van der Waals surface area contributed by atoms with Crippen molar-refractivity contribution >= 4 is 57.9 Å². The summed E-state index contributed by atoms with van der Waals surface area (Å²) >= 11 is 12.2. The van der Waals surface area contributed by atoms with Crippen LogP contribution in [0.5, 0.6) is 5.75 Å². The third-order valence-electron chi connectivity index (χ3n) is 3.94. The van der Waals surface area contributed by atoms with E-state index in [-0.39, 0.29) is 45.2 Å². The monoisotopic (exact) mass is 427 g/mol. The Bertz CT molecular complexity index is 1100. The molecule has 28 heavy (non-hydrogen) atoms. The molecule has 11 heteroatoms. The van der Waals surface area contributed by atoms with Crippen LogP contribution in [0.3, 0.4) is 0 Å². The molecule has 1 aliphatic heterocycles. The Balaban J connectivity index is 2.11. The van der Waals surface area contributed by atoms with E-state index in [4.69, 9.17) is 37.2 Å². The number of halogens is 2. The first-order valence-corrected chi connectivity index (χ1v) is 8.59. The second-order valence-electron chi connectivity index (χ2n) is 5.82. The van der Waals surface area contributed by atoms with Gasteiger partial charge in [-0.1, -0.05) is 23.2 Å². The Labute approximate surface area is 166 Å². The highest BCUT2D eigenvalue weighted by molar-refractivity contribution is 6.41. The van der Waals surface area contributed by atoms with Gasteiger partial charge < -0.3 is 14.0 Å². The quantitative estimate of drug-likeness (QED) is 0.317. The van der Waals surface area contributed by atoms with Crippen molar-refractivity contribution in [3.8, 4) is 5.75 Å². The summed E-state index contributed by atoms with van der Waals surface area (Å²) in [4.78, 5) is 63.9. The average molecular weight is 428 g/mol. The number of carbonyl (C=O) groups is 4. The van der Waals surface area contributed by atoms with Crippen LogP contribution in [0.4, 0.5) is 0 Å². The Morgan fingerprint density at radius 2 is 1.75 bits per heavy atom. The number of benzene rings is 1. The Morgan fingerprint density at radius 3 is 2.32 bits per heavy atom. The van der Waals surface area contributed by atoms with E-state index < -0.39 is 34.9 Å². The number of hydrogen-bond acceptors (Lipinski definition) is 8. The van der Waals surface area contributed by atoms with E-state index in [1.807, 2.05) is 0 Å². The Morgan fingerprint density at radius 1 is 1.14 bits per heavy atom. The molecule has 2 amide bonds. The van der Waals surface area contributed by atoms with Gasteiger partial charge >= 0.3 is 17.6 Å². The molecule has 146 valence electrons. The first kappa shape index (κ1) is 19.8. The fourth-order valence-electron chi connectivity index (χ4n) is 2.65. The molecule has 0 spiro atoms. The maximum absolute atomic E-state index is 12.4. The van der Waals surface area contributed by atoms with Crippen LogP contribution in [0, 0.1) is 6.92 Å². The molecule has 0 atom stereocenters. The summed E-state index contributed by atoms with van der Waals surface area (Å²) in [5.41, 5.74) is -1.72. The van der Waals surface area contributed by atoms with E-state index in [1.165, 1.54) is 13.0 Å². The minimum Gasteiger partial charge on any atom is -0.423 e. The van der Waals surface area contributed by atoms with Crippen molar-refractivity contribution in [2.45, 2.75) is 26.7 Å². The molecule has 0 N–H and O–H groups in total. The number of esters is 1. The lowest BCUT2D eigenvalue weighted by molar-refractivity contribution is -0.172. The third-order valence-corrected chi connectivity index (χ3v) is 4.56. The largest absolute Gasteiger partial charge is 0.423 e. The average Bonchev–Trinajstić information content (AvgIpc) is 2.92. The smallest absolute Gasteiger partial charge is 0.371 e. The normalized spacial score (nSPS) is 13.9. The van der Waals surface area contributed by atoms with Crippen LogP contribution >= 0.6 is 23.2 Å². The van der Waals surface area contributed by atoms with Crippen LogP contribution < -0.4 is 10.4 Å². The molecule has 1 fully saturated rings. The van der Waals surface area contributed by atoms with Gasteiger partial charge in [0.2, 0.25) is 0 Å². The number of hydrogen-bond donors (Lipinski definition) is 0. The molecular formula is C17H11Cl2NO8. The van der Waals surface area contributed by atoms with Crippen molar-refractivity contribution in [1.82, 2.24) is 5.06 Å². The van der Waals surface area contributed by atoms with Crippen LogP contribution in [0.2, 0.25) is 10.0 Å². The van der Waals surface area contributed by atoms with Gasteiger partial charge in [0.25, 0.3) is 11.8 Å². The molecule has 3 rings (SSSR count). The van der Waals surface area contributed by atoms with E-state index in [9.17, 15) is 24.0 Å². The van der Waals surface area contributed by atoms with E-state index >= 15 is 0 Å². The second kappa shape index (κ2) is 7.25. The number of carbonyl (C=O) groups excluding carboxylic acids is 4. The van der Waals surface area contributed by atoms with Gasteiger partial charge in [-0.15, -0.1) is 5.06 Å². The number of nitrogens with zero attached hydrogens (tertiary/aromatic N) is 1. The molecule has 0 bridgehead atoms. The van der Waals surface area contributed by atoms with Crippen molar-refractivity contribution in [3.63, 3.8) is 0 Å². The summed E-state index contributed by atoms with van der Waals surface area (Å²) in [7, 11) is 0. The zero-order valence-electron chi connectivity index (χ0n) is 14.5. The van der Waals surface area contributed by atoms with Crippen LogP contribution in [-0.4, -0.2) is 28.8 Å². The first-order valence-electron chi connectivity index (χ1n) is 7.83. The molecule has 0 radical (unpaired) electrons. The van der Waals surface area contributed by atoms with Gasteiger partial charge in [-0.3, -0.25) is 14.4 Å². The molecule has 2 aromatic rings.